The molecule has 7 heteroatoms. The molecule has 5 rings (SSSR count). The van der Waals surface area contributed by atoms with E-state index in [4.69, 9.17) is 4.74 Å². The molecule has 0 radical (unpaired) electrons. The van der Waals surface area contributed by atoms with Crippen LogP contribution in [0.2, 0.25) is 0 Å². The van der Waals surface area contributed by atoms with Crippen molar-refractivity contribution < 1.29 is 24.5 Å². The number of nitrogens with zero attached hydrogens (tertiary/aromatic N) is 2. The van der Waals surface area contributed by atoms with Crippen molar-refractivity contribution in [1.82, 2.24) is 0 Å². The van der Waals surface area contributed by atoms with Crippen LogP contribution in [0.25, 0.3) is 0 Å². The third-order valence-corrected chi connectivity index (χ3v) is 7.74. The van der Waals surface area contributed by atoms with Crippen LogP contribution in [-0.2, 0) is 26.5 Å². The molecular formula is C27H32N2O5. The van der Waals surface area contributed by atoms with Gasteiger partial charge in [-0.1, -0.05) is 37.3 Å². The number of rotatable bonds is 6. The van der Waals surface area contributed by atoms with Gasteiger partial charge >= 0.3 is 0 Å². The van der Waals surface area contributed by atoms with E-state index in [9.17, 15) is 19.8 Å². The lowest BCUT2D eigenvalue weighted by molar-refractivity contribution is -0.146. The van der Waals surface area contributed by atoms with E-state index in [1.807, 2.05) is 55.5 Å². The number of amides is 2. The van der Waals surface area contributed by atoms with Crippen LogP contribution in [0.15, 0.2) is 48.5 Å². The second kappa shape index (κ2) is 8.18. The molecule has 0 unspecified atom stereocenters. The van der Waals surface area contributed by atoms with Gasteiger partial charge in [-0.25, -0.2) is 0 Å². The molecule has 180 valence electrons. The van der Waals surface area contributed by atoms with Crippen molar-refractivity contribution >= 4 is 23.2 Å². The van der Waals surface area contributed by atoms with Gasteiger partial charge in [0.15, 0.2) is 5.60 Å². The number of aliphatic hydroxyl groups is 2. The average molecular weight is 465 g/mol. The van der Waals surface area contributed by atoms with Crippen LogP contribution < -0.4 is 9.80 Å². The summed E-state index contributed by atoms with van der Waals surface area (Å²) in [6.45, 7) is 6.50. The molecule has 0 aromatic heterocycles. The van der Waals surface area contributed by atoms with Crippen LogP contribution in [0.1, 0.15) is 44.7 Å². The quantitative estimate of drug-likeness (QED) is 0.642. The van der Waals surface area contributed by atoms with Gasteiger partial charge in [-0.15, -0.1) is 0 Å². The van der Waals surface area contributed by atoms with Crippen LogP contribution in [0.4, 0.5) is 11.4 Å². The Bertz CT molecular complexity index is 1110. The third-order valence-electron chi connectivity index (χ3n) is 7.74. The number of benzene rings is 2. The van der Waals surface area contributed by atoms with E-state index >= 15 is 0 Å². The van der Waals surface area contributed by atoms with E-state index in [1.54, 1.807) is 23.6 Å². The second-order valence-corrected chi connectivity index (χ2v) is 10.2. The Labute approximate surface area is 199 Å². The van der Waals surface area contributed by atoms with E-state index < -0.39 is 17.3 Å². The van der Waals surface area contributed by atoms with Gasteiger partial charge in [0.2, 0.25) is 5.91 Å². The zero-order valence-corrected chi connectivity index (χ0v) is 19.9. The van der Waals surface area contributed by atoms with Gasteiger partial charge in [0.1, 0.15) is 0 Å². The summed E-state index contributed by atoms with van der Waals surface area (Å²) in [5, 5.41) is 20.6. The maximum atomic E-state index is 14.1. The molecule has 0 saturated carbocycles. The lowest BCUT2D eigenvalue weighted by Crippen LogP contribution is -2.46. The Hall–Kier alpha value is -2.74. The van der Waals surface area contributed by atoms with Crippen molar-refractivity contribution in [2.24, 2.45) is 11.8 Å². The lowest BCUT2D eigenvalue weighted by atomic mass is 9.71. The van der Waals surface area contributed by atoms with Gasteiger partial charge in [0.25, 0.3) is 5.91 Å². The molecule has 3 aliphatic rings. The number of ether oxygens (including phenoxy) is 1. The zero-order chi connectivity index (χ0) is 24.3. The zero-order valence-electron chi connectivity index (χ0n) is 19.9. The molecule has 2 aromatic rings. The smallest absolute Gasteiger partial charge is 0.264 e. The fraction of sp³-hybridized carbons (Fsp3) is 0.481. The maximum absolute atomic E-state index is 14.1. The highest BCUT2D eigenvalue weighted by Crippen LogP contribution is 2.57. The van der Waals surface area contributed by atoms with Crippen LogP contribution >= 0.6 is 0 Å². The molecule has 2 saturated heterocycles. The van der Waals surface area contributed by atoms with E-state index in [0.29, 0.717) is 19.4 Å². The highest BCUT2D eigenvalue weighted by Gasteiger charge is 2.65. The molecule has 3 aliphatic heterocycles. The summed E-state index contributed by atoms with van der Waals surface area (Å²) in [5.74, 6) is -0.616. The molecule has 2 aromatic carbocycles. The Morgan fingerprint density at radius 1 is 1.12 bits per heavy atom. The number of carbonyl (C=O) groups excluding carboxylic acids is 2. The highest BCUT2D eigenvalue weighted by atomic mass is 16.5. The Balaban J connectivity index is 1.49. The summed E-state index contributed by atoms with van der Waals surface area (Å²) in [7, 11) is 0. The first kappa shape index (κ1) is 23.0. The summed E-state index contributed by atoms with van der Waals surface area (Å²) in [4.78, 5) is 29.4. The molecule has 1 spiro atoms. The molecule has 2 amide bonds. The van der Waals surface area contributed by atoms with Gasteiger partial charge < -0.3 is 24.7 Å². The molecule has 4 atom stereocenters. The van der Waals surface area contributed by atoms with E-state index in [1.165, 1.54) is 0 Å². The van der Waals surface area contributed by atoms with Gasteiger partial charge in [-0.3, -0.25) is 9.59 Å². The van der Waals surface area contributed by atoms with Crippen molar-refractivity contribution in [3.63, 3.8) is 0 Å². The van der Waals surface area contributed by atoms with Gasteiger partial charge in [0.05, 0.1) is 23.9 Å². The molecule has 2 fully saturated rings. The number of β-lactam (4-membered cyclic amide) rings is 1. The Morgan fingerprint density at radius 3 is 2.41 bits per heavy atom. The molecule has 3 heterocycles. The molecule has 2 N–H and O–H groups in total. The van der Waals surface area contributed by atoms with Gasteiger partial charge in [-0.2, -0.15) is 0 Å². The lowest BCUT2D eigenvalue weighted by Gasteiger charge is -2.34. The summed E-state index contributed by atoms with van der Waals surface area (Å²) in [6, 6.07) is 15.4. The number of hydrogen-bond acceptors (Lipinski definition) is 5. The largest absolute Gasteiger partial charge is 0.396 e. The molecule has 34 heavy (non-hydrogen) atoms. The monoisotopic (exact) mass is 464 g/mol. The SMILES string of the molecule is C[C@@H]1[C@@H](C(C)(C)O)[C@H](CCO)O[C@@]12C(=O)N(Cc1ccc(N3CCC3=O)cc1)c1ccccc12. The van der Waals surface area contributed by atoms with Crippen LogP contribution in [0, 0.1) is 11.8 Å². The number of fused-ring (bicyclic) bond motifs is 2. The Morgan fingerprint density at radius 2 is 1.82 bits per heavy atom. The average Bonchev–Trinajstić information content (AvgIpc) is 3.21. The summed E-state index contributed by atoms with van der Waals surface area (Å²) < 4.78 is 6.54. The predicted molar refractivity (Wildman–Crippen MR) is 128 cm³/mol. The van der Waals surface area contributed by atoms with Gasteiger partial charge in [0, 0.05) is 42.7 Å². The minimum atomic E-state index is -1.20. The van der Waals surface area contributed by atoms with Crippen molar-refractivity contribution in [2.75, 3.05) is 23.0 Å². The minimum Gasteiger partial charge on any atom is -0.396 e. The summed E-state index contributed by atoms with van der Waals surface area (Å²) >= 11 is 0. The molecule has 0 bridgehead atoms. The molecule has 0 aliphatic carbocycles. The first-order valence-electron chi connectivity index (χ1n) is 12.0. The predicted octanol–water partition coefficient (Wildman–Crippen LogP) is 2.97. The molecule has 7 nitrogen and oxygen atoms in total. The number of anilines is 2. The number of aliphatic hydroxyl groups excluding tert-OH is 1. The minimum absolute atomic E-state index is 0.0779. The van der Waals surface area contributed by atoms with E-state index in [2.05, 4.69) is 0 Å². The maximum Gasteiger partial charge on any atom is 0.264 e. The van der Waals surface area contributed by atoms with E-state index in [-0.39, 0.29) is 30.3 Å². The summed E-state index contributed by atoms with van der Waals surface area (Å²) in [6.07, 6.45) is 0.502. The van der Waals surface area contributed by atoms with Crippen molar-refractivity contribution in [3.8, 4) is 0 Å². The standard InChI is InChI=1S/C27H32N2O5/c1-17-24(26(2,3)33)22(13-15-30)34-27(17)20-6-4-5-7-21(20)29(25(27)32)16-18-8-10-19(11-9-18)28-14-12-23(28)31/h4-11,17,22,24,30,33H,12-16H2,1-3H3/t17-,22+,24-,27+/m1/s1. The van der Waals surface area contributed by atoms with Crippen molar-refractivity contribution in [1.29, 1.82) is 0 Å². The number of hydrogen-bond donors (Lipinski definition) is 2. The molecular weight excluding hydrogens is 432 g/mol. The van der Waals surface area contributed by atoms with Crippen LogP contribution in [-0.4, -0.2) is 46.9 Å². The van der Waals surface area contributed by atoms with Crippen molar-refractivity contribution in [2.45, 2.75) is 57.5 Å². The third kappa shape index (κ3) is 3.37. The topological polar surface area (TPSA) is 90.3 Å². The van der Waals surface area contributed by atoms with E-state index in [0.717, 1.165) is 29.0 Å². The first-order chi connectivity index (χ1) is 16.2. The fourth-order valence-electron chi connectivity index (χ4n) is 6.14. The van der Waals surface area contributed by atoms with Crippen molar-refractivity contribution in [3.05, 3.63) is 59.7 Å². The second-order valence-electron chi connectivity index (χ2n) is 10.2. The number of carbonyl (C=O) groups is 2. The highest BCUT2D eigenvalue weighted by molar-refractivity contribution is 6.07. The first-order valence-corrected chi connectivity index (χ1v) is 12.0. The van der Waals surface area contributed by atoms with Crippen LogP contribution in [0.5, 0.6) is 0 Å². The summed E-state index contributed by atoms with van der Waals surface area (Å²) in [5.41, 5.74) is 1.16. The van der Waals surface area contributed by atoms with Crippen LogP contribution in [0.3, 0.4) is 0 Å². The van der Waals surface area contributed by atoms with Gasteiger partial charge in [-0.05, 0) is 44.0 Å². The normalized spacial score (nSPS) is 28.6. The fourth-order valence-corrected chi connectivity index (χ4v) is 6.14. The Kier molecular flexibility index (Phi) is 5.54. The number of para-hydroxylation sites is 1.